The zero-order valence-electron chi connectivity index (χ0n) is 11.9. The summed E-state index contributed by atoms with van der Waals surface area (Å²) in [5.74, 6) is -0.367. The topological polar surface area (TPSA) is 57.5 Å². The van der Waals surface area contributed by atoms with Gasteiger partial charge < -0.3 is 10.2 Å². The van der Waals surface area contributed by atoms with Crippen LogP contribution in [0.4, 0.5) is 0 Å². The molecular formula is C17H22O3. The fraction of sp³-hybridized carbons (Fsp3) is 0.588. The molecule has 0 unspecified atom stereocenters. The summed E-state index contributed by atoms with van der Waals surface area (Å²) in [4.78, 5) is 10.9. The van der Waals surface area contributed by atoms with Gasteiger partial charge in [0.1, 0.15) is 5.75 Å². The number of carboxylic acid groups (broad SMARTS) is 1. The lowest BCUT2D eigenvalue weighted by molar-refractivity contribution is -0.136. The molecule has 3 rings (SSSR count). The Balaban J connectivity index is 2.10. The van der Waals surface area contributed by atoms with Gasteiger partial charge in [0.25, 0.3) is 0 Å². The molecule has 2 aliphatic rings. The lowest BCUT2D eigenvalue weighted by atomic mass is 9.77. The first-order valence-corrected chi connectivity index (χ1v) is 7.77. The average Bonchev–Trinajstić information content (AvgIpc) is 2.47. The Morgan fingerprint density at radius 1 is 0.850 bits per heavy atom. The molecule has 108 valence electrons. The second-order valence-corrected chi connectivity index (χ2v) is 6.05. The summed E-state index contributed by atoms with van der Waals surface area (Å²) in [6.07, 6.45) is 9.47. The molecule has 0 radical (unpaired) electrons. The van der Waals surface area contributed by atoms with Crippen LogP contribution in [0.1, 0.15) is 59.9 Å². The highest BCUT2D eigenvalue weighted by Gasteiger charge is 2.26. The summed E-state index contributed by atoms with van der Waals surface area (Å²) in [6, 6.07) is 0. The summed E-state index contributed by atoms with van der Waals surface area (Å²) < 4.78 is 0. The van der Waals surface area contributed by atoms with Crippen LogP contribution in [0.3, 0.4) is 0 Å². The summed E-state index contributed by atoms with van der Waals surface area (Å²) in [7, 11) is 0. The summed E-state index contributed by atoms with van der Waals surface area (Å²) in [5.41, 5.74) is 6.17. The standard InChI is InChI=1S/C17H22O3/c18-16(19)10-9-15-13-7-2-1-5-11(13)12-6-3-4-8-14(12)17(15)20/h20H,1-10H2,(H,18,19). The van der Waals surface area contributed by atoms with Crippen molar-refractivity contribution in [2.45, 2.75) is 64.2 Å². The highest BCUT2D eigenvalue weighted by molar-refractivity contribution is 5.68. The van der Waals surface area contributed by atoms with E-state index in [1.807, 2.05) is 0 Å². The van der Waals surface area contributed by atoms with Gasteiger partial charge in [-0.05, 0) is 85.6 Å². The predicted octanol–water partition coefficient (Wildman–Crippen LogP) is 3.17. The Bertz CT molecular complexity index is 546. The van der Waals surface area contributed by atoms with E-state index in [0.29, 0.717) is 12.2 Å². The number of phenolic OH excluding ortho intramolecular Hbond substituents is 1. The van der Waals surface area contributed by atoms with Gasteiger partial charge in [-0.3, -0.25) is 4.79 Å². The van der Waals surface area contributed by atoms with Crippen LogP contribution in [0.15, 0.2) is 0 Å². The van der Waals surface area contributed by atoms with E-state index in [4.69, 9.17) is 5.11 Å². The van der Waals surface area contributed by atoms with E-state index < -0.39 is 5.97 Å². The van der Waals surface area contributed by atoms with Gasteiger partial charge in [-0.25, -0.2) is 0 Å². The minimum absolute atomic E-state index is 0.110. The minimum Gasteiger partial charge on any atom is -0.507 e. The Labute approximate surface area is 119 Å². The SMILES string of the molecule is O=C(O)CCc1c(O)c2c(c3c1CCCC3)CCCC2. The molecule has 2 aliphatic carbocycles. The second kappa shape index (κ2) is 5.47. The van der Waals surface area contributed by atoms with Crippen molar-refractivity contribution in [1.82, 2.24) is 0 Å². The highest BCUT2D eigenvalue weighted by atomic mass is 16.4. The van der Waals surface area contributed by atoms with Gasteiger partial charge in [-0.15, -0.1) is 0 Å². The van der Waals surface area contributed by atoms with E-state index in [9.17, 15) is 9.90 Å². The van der Waals surface area contributed by atoms with Crippen LogP contribution in [0.2, 0.25) is 0 Å². The molecule has 0 fully saturated rings. The Morgan fingerprint density at radius 2 is 1.35 bits per heavy atom. The number of benzene rings is 1. The lowest BCUT2D eigenvalue weighted by Crippen LogP contribution is -2.16. The molecule has 0 heterocycles. The highest BCUT2D eigenvalue weighted by Crippen LogP contribution is 2.41. The molecule has 3 heteroatoms. The molecule has 1 aromatic carbocycles. The van der Waals surface area contributed by atoms with E-state index in [2.05, 4.69) is 0 Å². The summed E-state index contributed by atoms with van der Waals surface area (Å²) in [5, 5.41) is 19.5. The molecule has 0 bridgehead atoms. The van der Waals surface area contributed by atoms with Crippen LogP contribution in [-0.4, -0.2) is 16.2 Å². The first-order chi connectivity index (χ1) is 9.68. The van der Waals surface area contributed by atoms with E-state index in [-0.39, 0.29) is 6.42 Å². The first kappa shape index (κ1) is 13.5. The molecule has 0 aromatic heterocycles. The number of aliphatic carboxylic acids is 1. The van der Waals surface area contributed by atoms with E-state index in [0.717, 1.165) is 49.7 Å². The number of hydrogen-bond acceptors (Lipinski definition) is 2. The second-order valence-electron chi connectivity index (χ2n) is 6.05. The Morgan fingerprint density at radius 3 is 1.95 bits per heavy atom. The van der Waals surface area contributed by atoms with Gasteiger partial charge in [0.05, 0.1) is 0 Å². The third-order valence-electron chi connectivity index (χ3n) is 4.82. The third-order valence-corrected chi connectivity index (χ3v) is 4.82. The summed E-state index contributed by atoms with van der Waals surface area (Å²) in [6.45, 7) is 0. The van der Waals surface area contributed by atoms with E-state index in [1.165, 1.54) is 29.5 Å². The Kier molecular flexibility index (Phi) is 3.68. The van der Waals surface area contributed by atoms with Crippen molar-refractivity contribution in [2.75, 3.05) is 0 Å². The number of hydrogen-bond donors (Lipinski definition) is 2. The minimum atomic E-state index is -0.785. The molecule has 1 aromatic rings. The van der Waals surface area contributed by atoms with Crippen molar-refractivity contribution in [1.29, 1.82) is 0 Å². The van der Waals surface area contributed by atoms with Crippen LogP contribution in [0, 0.1) is 0 Å². The van der Waals surface area contributed by atoms with Crippen molar-refractivity contribution in [3.63, 3.8) is 0 Å². The van der Waals surface area contributed by atoms with Gasteiger partial charge >= 0.3 is 5.97 Å². The van der Waals surface area contributed by atoms with Crippen LogP contribution < -0.4 is 0 Å². The lowest BCUT2D eigenvalue weighted by Gasteiger charge is -2.29. The van der Waals surface area contributed by atoms with Crippen molar-refractivity contribution in [3.05, 3.63) is 27.8 Å². The van der Waals surface area contributed by atoms with Crippen LogP contribution >= 0.6 is 0 Å². The number of phenols is 1. The number of fused-ring (bicyclic) bond motifs is 3. The number of carbonyl (C=O) groups is 1. The number of rotatable bonds is 3. The smallest absolute Gasteiger partial charge is 0.303 e. The molecule has 0 aliphatic heterocycles. The normalized spacial score (nSPS) is 17.4. The third kappa shape index (κ3) is 2.30. The molecule has 0 saturated carbocycles. The maximum absolute atomic E-state index is 10.9. The fourth-order valence-electron chi connectivity index (χ4n) is 3.90. The molecule has 20 heavy (non-hydrogen) atoms. The molecule has 0 spiro atoms. The van der Waals surface area contributed by atoms with Gasteiger partial charge in [-0.1, -0.05) is 0 Å². The van der Waals surface area contributed by atoms with Gasteiger partial charge in [0.2, 0.25) is 0 Å². The largest absolute Gasteiger partial charge is 0.507 e. The van der Waals surface area contributed by atoms with Gasteiger partial charge in [0.15, 0.2) is 0 Å². The maximum atomic E-state index is 10.9. The zero-order chi connectivity index (χ0) is 14.1. The van der Waals surface area contributed by atoms with Crippen LogP contribution in [-0.2, 0) is 36.9 Å². The van der Waals surface area contributed by atoms with E-state index in [1.54, 1.807) is 0 Å². The van der Waals surface area contributed by atoms with Crippen molar-refractivity contribution >= 4 is 5.97 Å². The fourth-order valence-corrected chi connectivity index (χ4v) is 3.90. The Hall–Kier alpha value is -1.51. The maximum Gasteiger partial charge on any atom is 0.303 e. The summed E-state index contributed by atoms with van der Waals surface area (Å²) >= 11 is 0. The average molecular weight is 274 g/mol. The molecule has 0 atom stereocenters. The van der Waals surface area contributed by atoms with Crippen molar-refractivity contribution in [3.8, 4) is 5.75 Å². The molecular weight excluding hydrogens is 252 g/mol. The van der Waals surface area contributed by atoms with Crippen molar-refractivity contribution < 1.29 is 15.0 Å². The van der Waals surface area contributed by atoms with Gasteiger partial charge in [0, 0.05) is 6.42 Å². The first-order valence-electron chi connectivity index (χ1n) is 7.77. The number of carboxylic acids is 1. The molecule has 2 N–H and O–H groups in total. The quantitative estimate of drug-likeness (QED) is 0.890. The van der Waals surface area contributed by atoms with E-state index >= 15 is 0 Å². The van der Waals surface area contributed by atoms with Crippen LogP contribution in [0.5, 0.6) is 5.75 Å². The molecule has 3 nitrogen and oxygen atoms in total. The van der Waals surface area contributed by atoms with Crippen LogP contribution in [0.25, 0.3) is 0 Å². The molecule has 0 saturated heterocycles. The molecule has 0 amide bonds. The van der Waals surface area contributed by atoms with Gasteiger partial charge in [-0.2, -0.15) is 0 Å². The number of aromatic hydroxyl groups is 1. The monoisotopic (exact) mass is 274 g/mol. The predicted molar refractivity (Wildman–Crippen MR) is 77.3 cm³/mol. The zero-order valence-corrected chi connectivity index (χ0v) is 11.9. The van der Waals surface area contributed by atoms with Crippen molar-refractivity contribution in [2.24, 2.45) is 0 Å².